The third kappa shape index (κ3) is 3.42. The third-order valence-corrected chi connectivity index (χ3v) is 4.56. The van der Waals surface area contributed by atoms with E-state index in [1.165, 1.54) is 11.3 Å². The van der Waals surface area contributed by atoms with E-state index >= 15 is 0 Å². The second-order valence-corrected chi connectivity index (χ2v) is 6.29. The zero-order valence-corrected chi connectivity index (χ0v) is 14.4. The molecule has 0 bridgehead atoms. The van der Waals surface area contributed by atoms with E-state index < -0.39 is 0 Å². The average Bonchev–Trinajstić information content (AvgIpc) is 2.72. The maximum absolute atomic E-state index is 12.3. The van der Waals surface area contributed by atoms with Crippen LogP contribution in [0.2, 0.25) is 0 Å². The number of nitrogens with zero attached hydrogens (tertiary/aromatic N) is 3. The van der Waals surface area contributed by atoms with Crippen molar-refractivity contribution in [3.8, 4) is 0 Å². The zero-order chi connectivity index (χ0) is 17.8. The molecule has 1 aromatic carbocycles. The molecule has 1 amide bonds. The van der Waals surface area contributed by atoms with E-state index in [4.69, 9.17) is 0 Å². The van der Waals surface area contributed by atoms with Gasteiger partial charge < -0.3 is 10.2 Å². The van der Waals surface area contributed by atoms with Gasteiger partial charge in [-0.3, -0.25) is 9.78 Å². The minimum atomic E-state index is -0.193. The first-order valence-electron chi connectivity index (χ1n) is 8.81. The van der Waals surface area contributed by atoms with Crippen molar-refractivity contribution in [3.63, 3.8) is 0 Å². The molecule has 0 spiro atoms. The maximum atomic E-state index is 12.3. The lowest BCUT2D eigenvalue weighted by Gasteiger charge is -2.31. The molecule has 3 heterocycles. The lowest BCUT2D eigenvalue weighted by Crippen LogP contribution is -2.26. The lowest BCUT2D eigenvalue weighted by molar-refractivity contribution is 0.0945. The summed E-state index contributed by atoms with van der Waals surface area (Å²) in [6.07, 6.45) is 5.71. The fourth-order valence-electron chi connectivity index (χ4n) is 3.25. The molecule has 5 heteroatoms. The summed E-state index contributed by atoms with van der Waals surface area (Å²) in [5.74, 6) is -0.193. The molecule has 0 aliphatic carbocycles. The first kappa shape index (κ1) is 16.3. The van der Waals surface area contributed by atoms with Gasteiger partial charge in [0.1, 0.15) is 5.69 Å². The molecule has 0 saturated carbocycles. The van der Waals surface area contributed by atoms with Crippen molar-refractivity contribution in [2.24, 2.45) is 0 Å². The van der Waals surface area contributed by atoms with Crippen LogP contribution in [0.5, 0.6) is 0 Å². The topological polar surface area (TPSA) is 58.1 Å². The van der Waals surface area contributed by atoms with Crippen molar-refractivity contribution in [3.05, 3.63) is 83.9 Å². The van der Waals surface area contributed by atoms with Crippen molar-refractivity contribution in [1.82, 2.24) is 15.3 Å². The molecule has 0 atom stereocenters. The van der Waals surface area contributed by atoms with Gasteiger partial charge in [-0.2, -0.15) is 0 Å². The van der Waals surface area contributed by atoms with Gasteiger partial charge in [-0.1, -0.05) is 24.3 Å². The SMILES string of the molecule is O=C(NCc1ccccn1)c1ccc(N2CCCc3ccccc32)cn1. The predicted molar refractivity (Wildman–Crippen MR) is 101 cm³/mol. The van der Waals surface area contributed by atoms with E-state index in [1.807, 2.05) is 24.3 Å². The number of fused-ring (bicyclic) bond motifs is 1. The van der Waals surface area contributed by atoms with Gasteiger partial charge in [0, 0.05) is 18.4 Å². The number of hydrogen-bond acceptors (Lipinski definition) is 4. The number of rotatable bonds is 4. The minimum absolute atomic E-state index is 0.193. The summed E-state index contributed by atoms with van der Waals surface area (Å²) >= 11 is 0. The number of aryl methyl sites for hydroxylation is 1. The number of benzene rings is 1. The Bertz CT molecular complexity index is 893. The summed E-state index contributed by atoms with van der Waals surface area (Å²) in [5, 5.41) is 2.85. The number of nitrogens with one attached hydrogen (secondary N) is 1. The van der Waals surface area contributed by atoms with Gasteiger partial charge in [0.05, 0.1) is 24.1 Å². The second kappa shape index (κ2) is 7.35. The normalized spacial score (nSPS) is 13.2. The van der Waals surface area contributed by atoms with Gasteiger partial charge in [-0.25, -0.2) is 4.98 Å². The van der Waals surface area contributed by atoms with Crippen molar-refractivity contribution in [2.45, 2.75) is 19.4 Å². The molecule has 1 aliphatic rings. The Balaban J connectivity index is 1.46. The molecule has 5 nitrogen and oxygen atoms in total. The molecule has 0 radical (unpaired) electrons. The van der Waals surface area contributed by atoms with Gasteiger partial charge in [0.25, 0.3) is 5.91 Å². The van der Waals surface area contributed by atoms with Crippen LogP contribution < -0.4 is 10.2 Å². The lowest BCUT2D eigenvalue weighted by atomic mass is 10.0. The molecule has 0 saturated heterocycles. The molecule has 0 unspecified atom stereocenters. The Morgan fingerprint density at radius 3 is 2.73 bits per heavy atom. The highest BCUT2D eigenvalue weighted by molar-refractivity contribution is 5.92. The summed E-state index contributed by atoms with van der Waals surface area (Å²) in [4.78, 5) is 23.1. The van der Waals surface area contributed by atoms with Crippen molar-refractivity contribution in [1.29, 1.82) is 0 Å². The highest BCUT2D eigenvalue weighted by Gasteiger charge is 2.18. The van der Waals surface area contributed by atoms with E-state index in [2.05, 4.69) is 44.5 Å². The molecule has 1 N–H and O–H groups in total. The Hall–Kier alpha value is -3.21. The van der Waals surface area contributed by atoms with E-state index in [-0.39, 0.29) is 5.91 Å². The first-order valence-corrected chi connectivity index (χ1v) is 8.81. The van der Waals surface area contributed by atoms with Crippen LogP contribution in [0.1, 0.15) is 28.2 Å². The molecule has 2 aromatic heterocycles. The maximum Gasteiger partial charge on any atom is 0.270 e. The fourth-order valence-corrected chi connectivity index (χ4v) is 3.25. The quantitative estimate of drug-likeness (QED) is 0.787. The van der Waals surface area contributed by atoms with E-state index in [9.17, 15) is 4.79 Å². The number of anilines is 2. The van der Waals surface area contributed by atoms with E-state index in [1.54, 1.807) is 18.5 Å². The monoisotopic (exact) mass is 344 g/mol. The number of para-hydroxylation sites is 1. The Labute approximate surface area is 152 Å². The largest absolute Gasteiger partial charge is 0.345 e. The summed E-state index contributed by atoms with van der Waals surface area (Å²) in [6, 6.07) is 17.8. The molecule has 0 fully saturated rings. The van der Waals surface area contributed by atoms with Crippen LogP contribution in [0, 0.1) is 0 Å². The van der Waals surface area contributed by atoms with Gasteiger partial charge in [-0.15, -0.1) is 0 Å². The predicted octanol–water partition coefficient (Wildman–Crippen LogP) is 3.49. The van der Waals surface area contributed by atoms with Crippen molar-refractivity contribution < 1.29 is 4.79 Å². The van der Waals surface area contributed by atoms with Crippen molar-refractivity contribution >= 4 is 17.3 Å². The van der Waals surface area contributed by atoms with E-state index in [0.717, 1.165) is 30.8 Å². The van der Waals surface area contributed by atoms with Crippen LogP contribution in [0.25, 0.3) is 0 Å². The number of amides is 1. The van der Waals surface area contributed by atoms with Crippen LogP contribution in [0.4, 0.5) is 11.4 Å². The highest BCUT2D eigenvalue weighted by Crippen LogP contribution is 2.32. The molecule has 4 rings (SSSR count). The summed E-state index contributed by atoms with van der Waals surface area (Å²) in [6.45, 7) is 1.35. The number of carbonyl (C=O) groups is 1. The van der Waals surface area contributed by atoms with Gasteiger partial charge in [-0.05, 0) is 48.7 Å². The fraction of sp³-hybridized carbons (Fsp3) is 0.190. The number of pyridine rings is 2. The number of hydrogen-bond donors (Lipinski definition) is 1. The Morgan fingerprint density at radius 2 is 1.92 bits per heavy atom. The third-order valence-electron chi connectivity index (χ3n) is 4.56. The van der Waals surface area contributed by atoms with Gasteiger partial charge in [0.15, 0.2) is 0 Å². The molecular weight excluding hydrogens is 324 g/mol. The Kier molecular flexibility index (Phi) is 4.60. The van der Waals surface area contributed by atoms with Crippen LogP contribution in [-0.2, 0) is 13.0 Å². The van der Waals surface area contributed by atoms with Crippen molar-refractivity contribution in [2.75, 3.05) is 11.4 Å². The second-order valence-electron chi connectivity index (χ2n) is 6.29. The minimum Gasteiger partial charge on any atom is -0.345 e. The van der Waals surface area contributed by atoms with E-state index in [0.29, 0.717) is 12.2 Å². The Morgan fingerprint density at radius 1 is 1.04 bits per heavy atom. The standard InChI is InChI=1S/C21H20N4O/c26-21(24-14-17-8-3-4-12-22-17)19-11-10-18(15-23-19)25-13-5-7-16-6-1-2-9-20(16)25/h1-4,6,8-12,15H,5,7,13-14H2,(H,24,26). The van der Waals surface area contributed by atoms with Crippen LogP contribution in [0.15, 0.2) is 67.0 Å². The number of aromatic nitrogens is 2. The molecule has 130 valence electrons. The molecular formula is C21H20N4O. The zero-order valence-electron chi connectivity index (χ0n) is 14.4. The molecule has 26 heavy (non-hydrogen) atoms. The summed E-state index contributed by atoms with van der Waals surface area (Å²) in [5.41, 5.74) is 4.83. The smallest absolute Gasteiger partial charge is 0.270 e. The van der Waals surface area contributed by atoms with Gasteiger partial charge >= 0.3 is 0 Å². The molecule has 1 aliphatic heterocycles. The van der Waals surface area contributed by atoms with Gasteiger partial charge in [0.2, 0.25) is 0 Å². The van der Waals surface area contributed by atoms with Crippen LogP contribution in [-0.4, -0.2) is 22.4 Å². The first-order chi connectivity index (χ1) is 12.8. The molecule has 3 aromatic rings. The average molecular weight is 344 g/mol. The summed E-state index contributed by atoms with van der Waals surface area (Å²) < 4.78 is 0. The van der Waals surface area contributed by atoms with Crippen LogP contribution >= 0.6 is 0 Å². The van der Waals surface area contributed by atoms with Crippen LogP contribution in [0.3, 0.4) is 0 Å². The number of carbonyl (C=O) groups excluding carboxylic acids is 1. The summed E-state index contributed by atoms with van der Waals surface area (Å²) in [7, 11) is 0. The highest BCUT2D eigenvalue weighted by atomic mass is 16.1.